The first-order valence-electron chi connectivity index (χ1n) is 8.10. The summed E-state index contributed by atoms with van der Waals surface area (Å²) < 4.78 is 2.27. The molecule has 2 rings (SSSR count). The number of carbonyl (C=O) groups is 1. The number of nitrogens with one attached hydrogen (secondary N) is 1. The molecule has 0 fully saturated rings. The second-order valence-electron chi connectivity index (χ2n) is 5.96. The lowest BCUT2D eigenvalue weighted by Gasteiger charge is -2.08. The molecule has 1 unspecified atom stereocenters. The lowest BCUT2D eigenvalue weighted by Crippen LogP contribution is -2.27. The molecule has 0 aromatic carbocycles. The molecule has 1 aromatic heterocycles. The van der Waals surface area contributed by atoms with Crippen molar-refractivity contribution in [1.29, 1.82) is 0 Å². The van der Waals surface area contributed by atoms with Gasteiger partial charge in [-0.15, -0.1) is 35.0 Å². The first kappa shape index (κ1) is 22.1. The van der Waals surface area contributed by atoms with Gasteiger partial charge in [-0.25, -0.2) is 0 Å². The Balaban J connectivity index is 0.00000242. The summed E-state index contributed by atoms with van der Waals surface area (Å²) in [6.45, 7) is 3.66. The summed E-state index contributed by atoms with van der Waals surface area (Å²) >= 11 is 0. The average molecular weight is 366 g/mol. The number of fused-ring (bicyclic) bond motifs is 1. The zero-order chi connectivity index (χ0) is 15.1. The summed E-state index contributed by atoms with van der Waals surface area (Å²) in [5, 5.41) is 11.5. The number of halogens is 2. The number of rotatable bonds is 7. The van der Waals surface area contributed by atoms with E-state index in [4.69, 9.17) is 5.73 Å². The summed E-state index contributed by atoms with van der Waals surface area (Å²) in [6.07, 6.45) is 7.78. The highest BCUT2D eigenvalue weighted by Crippen LogP contribution is 2.15. The van der Waals surface area contributed by atoms with E-state index in [-0.39, 0.29) is 36.8 Å². The van der Waals surface area contributed by atoms with E-state index in [0.717, 1.165) is 43.9 Å². The van der Waals surface area contributed by atoms with E-state index in [1.807, 2.05) is 6.92 Å². The van der Waals surface area contributed by atoms with Crippen LogP contribution in [0.1, 0.15) is 57.1 Å². The molecule has 1 amide bonds. The van der Waals surface area contributed by atoms with Gasteiger partial charge in [-0.05, 0) is 32.6 Å². The molecule has 1 aliphatic rings. The first-order chi connectivity index (χ1) is 10.2. The predicted octanol–water partition coefficient (Wildman–Crippen LogP) is 2.02. The van der Waals surface area contributed by atoms with E-state index in [1.54, 1.807) is 0 Å². The van der Waals surface area contributed by atoms with Gasteiger partial charge in [0, 0.05) is 38.4 Å². The van der Waals surface area contributed by atoms with Crippen molar-refractivity contribution < 1.29 is 4.79 Å². The van der Waals surface area contributed by atoms with E-state index in [2.05, 4.69) is 20.1 Å². The first-order valence-corrected chi connectivity index (χ1v) is 8.10. The quantitative estimate of drug-likeness (QED) is 0.723. The zero-order valence-electron chi connectivity index (χ0n) is 13.8. The molecule has 23 heavy (non-hydrogen) atoms. The van der Waals surface area contributed by atoms with Crippen LogP contribution in [0.4, 0.5) is 0 Å². The number of hydrogen-bond acceptors (Lipinski definition) is 4. The van der Waals surface area contributed by atoms with Crippen LogP contribution in [0.2, 0.25) is 0 Å². The molecule has 0 saturated carbocycles. The third-order valence-electron chi connectivity index (χ3n) is 3.91. The van der Waals surface area contributed by atoms with Crippen molar-refractivity contribution in [1.82, 2.24) is 20.1 Å². The third-order valence-corrected chi connectivity index (χ3v) is 3.91. The summed E-state index contributed by atoms with van der Waals surface area (Å²) in [7, 11) is 0. The van der Waals surface area contributed by atoms with Crippen LogP contribution in [0, 0.1) is 0 Å². The Morgan fingerprint density at radius 2 is 2.09 bits per heavy atom. The molecular weight excluding hydrogens is 337 g/mol. The van der Waals surface area contributed by atoms with Crippen LogP contribution >= 0.6 is 24.8 Å². The highest BCUT2D eigenvalue weighted by Gasteiger charge is 2.14. The van der Waals surface area contributed by atoms with Gasteiger partial charge in [0.2, 0.25) is 5.91 Å². The number of aryl methyl sites for hydroxylation is 2. The molecule has 0 spiro atoms. The van der Waals surface area contributed by atoms with E-state index >= 15 is 0 Å². The standard InChI is InChI=1S/C15H27N5O.2ClH/c1-12(16)8-9-15(21)17-10-5-7-14-19-18-13-6-3-2-4-11-20(13)14;;/h12H,2-11,16H2,1H3,(H,17,21);2*1H. The Morgan fingerprint density at radius 3 is 2.83 bits per heavy atom. The fourth-order valence-corrected chi connectivity index (χ4v) is 2.65. The van der Waals surface area contributed by atoms with Crippen LogP contribution in [0.25, 0.3) is 0 Å². The smallest absolute Gasteiger partial charge is 0.220 e. The van der Waals surface area contributed by atoms with Crippen LogP contribution in [0.15, 0.2) is 0 Å². The SMILES string of the molecule is CC(N)CCC(=O)NCCCc1nnc2n1CCCCC2.Cl.Cl. The van der Waals surface area contributed by atoms with Gasteiger partial charge >= 0.3 is 0 Å². The number of nitrogens with two attached hydrogens (primary N) is 1. The maximum Gasteiger partial charge on any atom is 0.220 e. The molecule has 6 nitrogen and oxygen atoms in total. The van der Waals surface area contributed by atoms with Gasteiger partial charge in [0.05, 0.1) is 0 Å². The summed E-state index contributed by atoms with van der Waals surface area (Å²) in [6, 6.07) is 0.0854. The van der Waals surface area contributed by atoms with Gasteiger partial charge in [-0.3, -0.25) is 4.79 Å². The number of amides is 1. The molecule has 2 heterocycles. The van der Waals surface area contributed by atoms with Crippen molar-refractivity contribution in [3.05, 3.63) is 11.6 Å². The molecule has 0 saturated heterocycles. The minimum Gasteiger partial charge on any atom is -0.356 e. The van der Waals surface area contributed by atoms with Gasteiger partial charge in [-0.1, -0.05) is 6.42 Å². The van der Waals surface area contributed by atoms with Crippen molar-refractivity contribution >= 4 is 30.7 Å². The molecule has 0 radical (unpaired) electrons. The fourth-order valence-electron chi connectivity index (χ4n) is 2.65. The number of aromatic nitrogens is 3. The lowest BCUT2D eigenvalue weighted by molar-refractivity contribution is -0.121. The molecule has 8 heteroatoms. The van der Waals surface area contributed by atoms with Gasteiger partial charge in [0.15, 0.2) is 0 Å². The van der Waals surface area contributed by atoms with E-state index in [9.17, 15) is 4.79 Å². The second kappa shape index (κ2) is 11.6. The molecule has 1 atom stereocenters. The fraction of sp³-hybridized carbons (Fsp3) is 0.800. The highest BCUT2D eigenvalue weighted by atomic mass is 35.5. The van der Waals surface area contributed by atoms with E-state index < -0.39 is 0 Å². The average Bonchev–Trinajstić information content (AvgIpc) is 2.69. The monoisotopic (exact) mass is 365 g/mol. The molecule has 3 N–H and O–H groups in total. The molecule has 1 aliphatic heterocycles. The molecule has 1 aromatic rings. The summed E-state index contributed by atoms with van der Waals surface area (Å²) in [5.74, 6) is 2.28. The van der Waals surface area contributed by atoms with Gasteiger partial charge in [0.1, 0.15) is 11.6 Å². The molecular formula is C15H29Cl2N5O. The second-order valence-corrected chi connectivity index (χ2v) is 5.96. The minimum absolute atomic E-state index is 0. The van der Waals surface area contributed by atoms with Crippen LogP contribution in [-0.2, 0) is 24.2 Å². The normalized spacial score (nSPS) is 14.7. The molecule has 0 bridgehead atoms. The Morgan fingerprint density at radius 1 is 1.30 bits per heavy atom. The molecule has 134 valence electrons. The van der Waals surface area contributed by atoms with Gasteiger partial charge in [-0.2, -0.15) is 0 Å². The van der Waals surface area contributed by atoms with E-state index in [1.165, 1.54) is 19.3 Å². The summed E-state index contributed by atoms with van der Waals surface area (Å²) in [5.41, 5.74) is 5.64. The maximum atomic E-state index is 11.6. The van der Waals surface area contributed by atoms with Crippen LogP contribution in [0.3, 0.4) is 0 Å². The van der Waals surface area contributed by atoms with Crippen LogP contribution in [0.5, 0.6) is 0 Å². The van der Waals surface area contributed by atoms with Crippen molar-refractivity contribution in [2.75, 3.05) is 6.54 Å². The highest BCUT2D eigenvalue weighted by molar-refractivity contribution is 5.85. The Kier molecular flexibility index (Phi) is 11.2. The van der Waals surface area contributed by atoms with Crippen molar-refractivity contribution in [3.63, 3.8) is 0 Å². The number of hydrogen-bond donors (Lipinski definition) is 2. The Bertz CT molecular complexity index is 465. The van der Waals surface area contributed by atoms with Crippen LogP contribution in [-0.4, -0.2) is 33.3 Å². The maximum absolute atomic E-state index is 11.6. The number of nitrogens with zero attached hydrogens (tertiary/aromatic N) is 3. The molecule has 0 aliphatic carbocycles. The number of carbonyl (C=O) groups excluding carboxylic acids is 1. The van der Waals surface area contributed by atoms with E-state index in [0.29, 0.717) is 13.0 Å². The predicted molar refractivity (Wildman–Crippen MR) is 96.3 cm³/mol. The van der Waals surface area contributed by atoms with Crippen molar-refractivity contribution in [2.45, 2.75) is 70.9 Å². The summed E-state index contributed by atoms with van der Waals surface area (Å²) in [4.78, 5) is 11.6. The largest absolute Gasteiger partial charge is 0.356 e. The van der Waals surface area contributed by atoms with Crippen molar-refractivity contribution in [3.8, 4) is 0 Å². The van der Waals surface area contributed by atoms with Crippen LogP contribution < -0.4 is 11.1 Å². The van der Waals surface area contributed by atoms with Crippen molar-refractivity contribution in [2.24, 2.45) is 5.73 Å². The topological polar surface area (TPSA) is 85.8 Å². The Hall–Kier alpha value is -0.850. The van der Waals surface area contributed by atoms with Gasteiger partial charge in [0.25, 0.3) is 0 Å². The minimum atomic E-state index is 0. The zero-order valence-corrected chi connectivity index (χ0v) is 15.4. The Labute approximate surface area is 150 Å². The lowest BCUT2D eigenvalue weighted by atomic mass is 10.2. The third kappa shape index (κ3) is 7.50. The van der Waals surface area contributed by atoms with Gasteiger partial charge < -0.3 is 15.6 Å².